The van der Waals surface area contributed by atoms with Crippen molar-refractivity contribution in [3.8, 4) is 0 Å². The monoisotopic (exact) mass is 212 g/mol. The third-order valence-corrected chi connectivity index (χ3v) is 3.04. The quantitative estimate of drug-likeness (QED) is 0.805. The Kier molecular flexibility index (Phi) is 3.93. The maximum atomic E-state index is 4.50. The SMILES string of the molecule is CCCC(C)(C)Nc1nc(CC)cs1. The molecule has 0 radical (unpaired) electrons. The molecule has 0 saturated heterocycles. The number of nitrogens with zero attached hydrogens (tertiary/aromatic N) is 1. The third-order valence-electron chi connectivity index (χ3n) is 2.23. The van der Waals surface area contributed by atoms with E-state index in [0.717, 1.165) is 11.6 Å². The number of rotatable bonds is 5. The van der Waals surface area contributed by atoms with Crippen molar-refractivity contribution in [1.29, 1.82) is 0 Å². The largest absolute Gasteiger partial charge is 0.357 e. The molecule has 1 rings (SSSR count). The van der Waals surface area contributed by atoms with Crippen LogP contribution in [0.1, 0.15) is 46.2 Å². The highest BCUT2D eigenvalue weighted by Gasteiger charge is 2.17. The van der Waals surface area contributed by atoms with Gasteiger partial charge in [0.25, 0.3) is 0 Å². The summed E-state index contributed by atoms with van der Waals surface area (Å²) in [4.78, 5) is 4.50. The Morgan fingerprint density at radius 2 is 2.14 bits per heavy atom. The van der Waals surface area contributed by atoms with Crippen molar-refractivity contribution in [2.45, 2.75) is 52.5 Å². The number of thiazole rings is 1. The molecule has 0 unspecified atom stereocenters. The average Bonchev–Trinajstić information content (AvgIpc) is 2.51. The van der Waals surface area contributed by atoms with Gasteiger partial charge in [-0.05, 0) is 26.7 Å². The first-order valence-corrected chi connectivity index (χ1v) is 6.18. The zero-order chi connectivity index (χ0) is 10.6. The summed E-state index contributed by atoms with van der Waals surface area (Å²) >= 11 is 1.70. The Morgan fingerprint density at radius 3 is 2.64 bits per heavy atom. The first kappa shape index (κ1) is 11.5. The topological polar surface area (TPSA) is 24.9 Å². The first-order valence-electron chi connectivity index (χ1n) is 5.30. The molecule has 3 heteroatoms. The van der Waals surface area contributed by atoms with E-state index in [9.17, 15) is 0 Å². The van der Waals surface area contributed by atoms with E-state index in [2.05, 4.69) is 43.4 Å². The van der Waals surface area contributed by atoms with Gasteiger partial charge in [0, 0.05) is 10.9 Å². The second-order valence-electron chi connectivity index (χ2n) is 4.26. The molecular formula is C11H20N2S. The Hall–Kier alpha value is -0.570. The normalized spacial score (nSPS) is 11.7. The first-order chi connectivity index (χ1) is 6.57. The second kappa shape index (κ2) is 4.78. The van der Waals surface area contributed by atoms with Gasteiger partial charge in [0.2, 0.25) is 0 Å². The Labute approximate surface area is 90.8 Å². The van der Waals surface area contributed by atoms with Gasteiger partial charge in [-0.25, -0.2) is 4.98 Å². The van der Waals surface area contributed by atoms with Crippen molar-refractivity contribution in [2.75, 3.05) is 5.32 Å². The molecule has 0 amide bonds. The van der Waals surface area contributed by atoms with Crippen molar-refractivity contribution in [1.82, 2.24) is 4.98 Å². The van der Waals surface area contributed by atoms with E-state index in [1.165, 1.54) is 18.5 Å². The van der Waals surface area contributed by atoms with Crippen molar-refractivity contribution in [3.63, 3.8) is 0 Å². The van der Waals surface area contributed by atoms with Gasteiger partial charge in [-0.15, -0.1) is 11.3 Å². The number of nitrogens with one attached hydrogen (secondary N) is 1. The van der Waals surface area contributed by atoms with Gasteiger partial charge >= 0.3 is 0 Å². The zero-order valence-electron chi connectivity index (χ0n) is 9.55. The van der Waals surface area contributed by atoms with Gasteiger partial charge in [-0.1, -0.05) is 20.3 Å². The molecule has 0 aliphatic rings. The number of hydrogen-bond donors (Lipinski definition) is 1. The molecule has 0 saturated carbocycles. The summed E-state index contributed by atoms with van der Waals surface area (Å²) in [6.45, 7) is 8.80. The van der Waals surface area contributed by atoms with Gasteiger partial charge < -0.3 is 5.32 Å². The molecular weight excluding hydrogens is 192 g/mol. The molecule has 1 heterocycles. The lowest BCUT2D eigenvalue weighted by atomic mass is 10.00. The van der Waals surface area contributed by atoms with Gasteiger partial charge in [-0.2, -0.15) is 0 Å². The van der Waals surface area contributed by atoms with Crippen molar-refractivity contribution < 1.29 is 0 Å². The van der Waals surface area contributed by atoms with E-state index in [-0.39, 0.29) is 5.54 Å². The van der Waals surface area contributed by atoms with Crippen LogP contribution in [0.3, 0.4) is 0 Å². The average molecular weight is 212 g/mol. The maximum Gasteiger partial charge on any atom is 0.183 e. The zero-order valence-corrected chi connectivity index (χ0v) is 10.4. The highest BCUT2D eigenvalue weighted by Crippen LogP contribution is 2.22. The molecule has 0 aliphatic carbocycles. The van der Waals surface area contributed by atoms with Crippen LogP contribution in [-0.2, 0) is 6.42 Å². The molecule has 0 fully saturated rings. The number of aromatic nitrogens is 1. The summed E-state index contributed by atoms with van der Waals surface area (Å²) in [7, 11) is 0. The smallest absolute Gasteiger partial charge is 0.183 e. The van der Waals surface area contributed by atoms with Gasteiger partial charge in [0.1, 0.15) is 0 Å². The highest BCUT2D eigenvalue weighted by molar-refractivity contribution is 7.13. The van der Waals surface area contributed by atoms with Crippen LogP contribution >= 0.6 is 11.3 Å². The molecule has 80 valence electrons. The van der Waals surface area contributed by atoms with Crippen LogP contribution in [0.25, 0.3) is 0 Å². The summed E-state index contributed by atoms with van der Waals surface area (Å²) in [5, 5.41) is 6.67. The fourth-order valence-electron chi connectivity index (χ4n) is 1.50. The van der Waals surface area contributed by atoms with E-state index in [1.54, 1.807) is 11.3 Å². The van der Waals surface area contributed by atoms with Gasteiger partial charge in [0.05, 0.1) is 5.69 Å². The third kappa shape index (κ3) is 3.29. The summed E-state index contributed by atoms with van der Waals surface area (Å²) in [5.74, 6) is 0. The lowest BCUT2D eigenvalue weighted by Crippen LogP contribution is -2.30. The molecule has 0 aliphatic heterocycles. The van der Waals surface area contributed by atoms with Crippen LogP contribution in [-0.4, -0.2) is 10.5 Å². The van der Waals surface area contributed by atoms with E-state index >= 15 is 0 Å². The summed E-state index contributed by atoms with van der Waals surface area (Å²) in [5.41, 5.74) is 1.35. The lowest BCUT2D eigenvalue weighted by Gasteiger charge is -2.25. The molecule has 1 aromatic rings. The minimum absolute atomic E-state index is 0.164. The Bertz CT molecular complexity index is 279. The van der Waals surface area contributed by atoms with Crippen LogP contribution in [0.15, 0.2) is 5.38 Å². The van der Waals surface area contributed by atoms with Crippen LogP contribution in [0.4, 0.5) is 5.13 Å². The van der Waals surface area contributed by atoms with Crippen LogP contribution in [0.5, 0.6) is 0 Å². The Balaban J connectivity index is 2.58. The summed E-state index contributed by atoms with van der Waals surface area (Å²) in [6, 6.07) is 0. The Morgan fingerprint density at radius 1 is 1.43 bits per heavy atom. The second-order valence-corrected chi connectivity index (χ2v) is 5.11. The number of hydrogen-bond acceptors (Lipinski definition) is 3. The molecule has 0 atom stereocenters. The maximum absolute atomic E-state index is 4.50. The van der Waals surface area contributed by atoms with Crippen LogP contribution in [0.2, 0.25) is 0 Å². The lowest BCUT2D eigenvalue weighted by molar-refractivity contribution is 0.510. The molecule has 14 heavy (non-hydrogen) atoms. The van der Waals surface area contributed by atoms with E-state index in [4.69, 9.17) is 0 Å². The van der Waals surface area contributed by atoms with Gasteiger partial charge in [0.15, 0.2) is 5.13 Å². The van der Waals surface area contributed by atoms with Crippen molar-refractivity contribution in [3.05, 3.63) is 11.1 Å². The molecule has 0 spiro atoms. The van der Waals surface area contributed by atoms with E-state index < -0.39 is 0 Å². The molecule has 0 aromatic carbocycles. The highest BCUT2D eigenvalue weighted by atomic mass is 32.1. The fraction of sp³-hybridized carbons (Fsp3) is 0.727. The minimum atomic E-state index is 0.164. The predicted molar refractivity (Wildman–Crippen MR) is 64.1 cm³/mol. The van der Waals surface area contributed by atoms with Crippen LogP contribution in [0, 0.1) is 0 Å². The number of anilines is 1. The molecule has 2 nitrogen and oxygen atoms in total. The van der Waals surface area contributed by atoms with E-state index in [0.29, 0.717) is 0 Å². The van der Waals surface area contributed by atoms with Crippen molar-refractivity contribution in [2.24, 2.45) is 0 Å². The van der Waals surface area contributed by atoms with E-state index in [1.807, 2.05) is 0 Å². The summed E-state index contributed by atoms with van der Waals surface area (Å²) < 4.78 is 0. The van der Waals surface area contributed by atoms with Crippen molar-refractivity contribution >= 4 is 16.5 Å². The number of aryl methyl sites for hydroxylation is 1. The fourth-order valence-corrected chi connectivity index (χ4v) is 2.48. The molecule has 0 bridgehead atoms. The van der Waals surface area contributed by atoms with Gasteiger partial charge in [-0.3, -0.25) is 0 Å². The molecule has 1 N–H and O–H groups in total. The minimum Gasteiger partial charge on any atom is -0.357 e. The predicted octanol–water partition coefficient (Wildman–Crippen LogP) is 3.70. The molecule has 1 aromatic heterocycles. The summed E-state index contributed by atoms with van der Waals surface area (Å²) in [6.07, 6.45) is 3.40. The van der Waals surface area contributed by atoms with Crippen LogP contribution < -0.4 is 5.32 Å². The standard InChI is InChI=1S/C11H20N2S/c1-5-7-11(3,4)13-10-12-9(6-2)8-14-10/h8H,5-7H2,1-4H3,(H,12,13).